The molecule has 7 nitrogen and oxygen atoms in total. The van der Waals surface area contributed by atoms with Gasteiger partial charge in [0.25, 0.3) is 6.01 Å². The standard InChI is InChI=1S/C16H17N5O2/c22-11-14-17-6-5-15(19-14)20-7-9-21(10-8-20)16-18-12-3-1-2-4-13(12)23-16/h1-6,22H,7-11H2. The number of rotatable bonds is 3. The van der Waals surface area contributed by atoms with Gasteiger partial charge in [0.05, 0.1) is 0 Å². The van der Waals surface area contributed by atoms with Gasteiger partial charge in [-0.3, -0.25) is 0 Å². The van der Waals surface area contributed by atoms with Crippen molar-refractivity contribution in [3.8, 4) is 0 Å². The molecular formula is C16H17N5O2. The summed E-state index contributed by atoms with van der Waals surface area (Å²) < 4.78 is 5.82. The zero-order chi connectivity index (χ0) is 15.6. The molecule has 0 spiro atoms. The minimum absolute atomic E-state index is 0.142. The van der Waals surface area contributed by atoms with E-state index in [0.29, 0.717) is 11.8 Å². The van der Waals surface area contributed by atoms with Gasteiger partial charge in [-0.25, -0.2) is 9.97 Å². The highest BCUT2D eigenvalue weighted by Gasteiger charge is 2.22. The van der Waals surface area contributed by atoms with E-state index in [2.05, 4.69) is 24.8 Å². The van der Waals surface area contributed by atoms with Crippen molar-refractivity contribution in [3.05, 3.63) is 42.4 Å². The molecule has 1 N–H and O–H groups in total. The van der Waals surface area contributed by atoms with Crippen molar-refractivity contribution in [1.82, 2.24) is 15.0 Å². The Morgan fingerprint density at radius 2 is 1.78 bits per heavy atom. The number of oxazole rings is 1. The first kappa shape index (κ1) is 14.0. The molecule has 0 radical (unpaired) electrons. The number of hydrogen-bond acceptors (Lipinski definition) is 7. The number of aliphatic hydroxyl groups excluding tert-OH is 1. The molecule has 0 bridgehead atoms. The molecule has 0 unspecified atom stereocenters. The summed E-state index contributed by atoms with van der Waals surface area (Å²) >= 11 is 0. The summed E-state index contributed by atoms with van der Waals surface area (Å²) in [6, 6.07) is 10.3. The SMILES string of the molecule is OCc1nccc(N2CCN(c3nc4ccccc4o3)CC2)n1. The van der Waals surface area contributed by atoms with Gasteiger partial charge in [-0.05, 0) is 18.2 Å². The van der Waals surface area contributed by atoms with E-state index in [4.69, 9.17) is 9.52 Å². The smallest absolute Gasteiger partial charge is 0.298 e. The summed E-state index contributed by atoms with van der Waals surface area (Å²) in [5, 5.41) is 9.15. The van der Waals surface area contributed by atoms with Crippen LogP contribution in [0, 0.1) is 0 Å². The molecule has 2 aromatic heterocycles. The van der Waals surface area contributed by atoms with Gasteiger partial charge >= 0.3 is 0 Å². The minimum atomic E-state index is -0.142. The van der Waals surface area contributed by atoms with Gasteiger partial charge in [0.15, 0.2) is 11.4 Å². The quantitative estimate of drug-likeness (QED) is 0.784. The highest BCUT2D eigenvalue weighted by molar-refractivity contribution is 5.74. The molecule has 3 aromatic rings. The van der Waals surface area contributed by atoms with Crippen LogP contribution in [0.2, 0.25) is 0 Å². The van der Waals surface area contributed by atoms with Crippen molar-refractivity contribution >= 4 is 22.9 Å². The lowest BCUT2D eigenvalue weighted by Crippen LogP contribution is -2.47. The molecule has 1 fully saturated rings. The molecule has 4 rings (SSSR count). The monoisotopic (exact) mass is 311 g/mol. The Balaban J connectivity index is 1.48. The average molecular weight is 311 g/mol. The van der Waals surface area contributed by atoms with Crippen LogP contribution >= 0.6 is 0 Å². The van der Waals surface area contributed by atoms with E-state index in [0.717, 1.165) is 43.1 Å². The van der Waals surface area contributed by atoms with Gasteiger partial charge in [0.1, 0.15) is 17.9 Å². The maximum Gasteiger partial charge on any atom is 0.298 e. The van der Waals surface area contributed by atoms with Gasteiger partial charge in [0.2, 0.25) is 0 Å². The normalized spacial score (nSPS) is 15.3. The van der Waals surface area contributed by atoms with E-state index in [1.807, 2.05) is 30.3 Å². The number of aromatic nitrogens is 3. The van der Waals surface area contributed by atoms with E-state index >= 15 is 0 Å². The fourth-order valence-electron chi connectivity index (χ4n) is 2.76. The second kappa shape index (κ2) is 5.85. The van der Waals surface area contributed by atoms with E-state index in [1.165, 1.54) is 0 Å². The third kappa shape index (κ3) is 2.70. The third-order valence-electron chi connectivity index (χ3n) is 3.99. The predicted molar refractivity (Wildman–Crippen MR) is 86.4 cm³/mol. The molecule has 1 aliphatic rings. The fourth-order valence-corrected chi connectivity index (χ4v) is 2.76. The minimum Gasteiger partial charge on any atom is -0.423 e. The van der Waals surface area contributed by atoms with Crippen LogP contribution in [0.15, 0.2) is 40.9 Å². The highest BCUT2D eigenvalue weighted by atomic mass is 16.4. The molecule has 0 saturated carbocycles. The number of anilines is 2. The van der Waals surface area contributed by atoms with Crippen molar-refractivity contribution in [2.75, 3.05) is 36.0 Å². The molecule has 1 aliphatic heterocycles. The van der Waals surface area contributed by atoms with Crippen molar-refractivity contribution in [3.63, 3.8) is 0 Å². The fraction of sp³-hybridized carbons (Fsp3) is 0.312. The van der Waals surface area contributed by atoms with Crippen LogP contribution in [0.1, 0.15) is 5.82 Å². The molecular weight excluding hydrogens is 294 g/mol. The first-order valence-electron chi connectivity index (χ1n) is 7.62. The van der Waals surface area contributed by atoms with Crippen molar-refractivity contribution in [2.24, 2.45) is 0 Å². The van der Waals surface area contributed by atoms with Crippen molar-refractivity contribution < 1.29 is 9.52 Å². The number of fused-ring (bicyclic) bond motifs is 1. The average Bonchev–Trinajstić information content (AvgIpc) is 3.06. The summed E-state index contributed by atoms with van der Waals surface area (Å²) in [7, 11) is 0. The van der Waals surface area contributed by atoms with Crippen LogP contribution in [0.25, 0.3) is 11.1 Å². The molecule has 0 aliphatic carbocycles. The topological polar surface area (TPSA) is 78.5 Å². The summed E-state index contributed by atoms with van der Waals surface area (Å²) in [4.78, 5) is 17.2. The van der Waals surface area contributed by atoms with Crippen LogP contribution in [0.5, 0.6) is 0 Å². The number of benzene rings is 1. The Kier molecular flexibility index (Phi) is 3.55. The molecule has 23 heavy (non-hydrogen) atoms. The Morgan fingerprint density at radius 1 is 1.00 bits per heavy atom. The lowest BCUT2D eigenvalue weighted by molar-refractivity contribution is 0.271. The second-order valence-electron chi connectivity index (χ2n) is 5.43. The van der Waals surface area contributed by atoms with Crippen molar-refractivity contribution in [1.29, 1.82) is 0 Å². The summed E-state index contributed by atoms with van der Waals surface area (Å²) in [5.74, 6) is 1.30. The molecule has 3 heterocycles. The Labute approximate surface area is 133 Å². The Hall–Kier alpha value is -2.67. The predicted octanol–water partition coefficient (Wildman–Crippen LogP) is 1.44. The van der Waals surface area contributed by atoms with Gasteiger partial charge in [-0.2, -0.15) is 4.98 Å². The van der Waals surface area contributed by atoms with E-state index in [1.54, 1.807) is 6.20 Å². The van der Waals surface area contributed by atoms with Crippen LogP contribution in [0.4, 0.5) is 11.8 Å². The van der Waals surface area contributed by atoms with Crippen molar-refractivity contribution in [2.45, 2.75) is 6.61 Å². The number of aliphatic hydroxyl groups is 1. The van der Waals surface area contributed by atoms with Crippen LogP contribution in [-0.2, 0) is 6.61 Å². The maximum absolute atomic E-state index is 9.15. The first-order chi connectivity index (χ1) is 11.3. The van der Waals surface area contributed by atoms with Crippen LogP contribution in [-0.4, -0.2) is 46.2 Å². The number of nitrogens with zero attached hydrogens (tertiary/aromatic N) is 5. The van der Waals surface area contributed by atoms with Crippen LogP contribution in [0.3, 0.4) is 0 Å². The highest BCUT2D eigenvalue weighted by Crippen LogP contribution is 2.23. The van der Waals surface area contributed by atoms with E-state index in [9.17, 15) is 0 Å². The third-order valence-corrected chi connectivity index (χ3v) is 3.99. The molecule has 1 saturated heterocycles. The number of para-hydroxylation sites is 2. The Morgan fingerprint density at radius 3 is 2.57 bits per heavy atom. The lowest BCUT2D eigenvalue weighted by atomic mass is 10.3. The molecule has 0 amide bonds. The molecule has 118 valence electrons. The Bertz CT molecular complexity index is 778. The number of hydrogen-bond donors (Lipinski definition) is 1. The summed E-state index contributed by atoms with van der Waals surface area (Å²) in [5.41, 5.74) is 1.70. The molecule has 7 heteroatoms. The lowest BCUT2D eigenvalue weighted by Gasteiger charge is -2.34. The first-order valence-corrected chi connectivity index (χ1v) is 7.62. The molecule has 1 aromatic carbocycles. The van der Waals surface area contributed by atoms with Crippen LogP contribution < -0.4 is 9.80 Å². The zero-order valence-electron chi connectivity index (χ0n) is 12.6. The molecule has 0 atom stereocenters. The van der Waals surface area contributed by atoms with E-state index < -0.39 is 0 Å². The second-order valence-corrected chi connectivity index (χ2v) is 5.43. The maximum atomic E-state index is 9.15. The van der Waals surface area contributed by atoms with Gasteiger partial charge in [-0.1, -0.05) is 12.1 Å². The summed E-state index contributed by atoms with van der Waals surface area (Å²) in [6.07, 6.45) is 1.68. The van der Waals surface area contributed by atoms with Gasteiger partial charge in [-0.15, -0.1) is 0 Å². The zero-order valence-corrected chi connectivity index (χ0v) is 12.6. The number of piperazine rings is 1. The van der Waals surface area contributed by atoms with Gasteiger partial charge < -0.3 is 19.3 Å². The van der Waals surface area contributed by atoms with Gasteiger partial charge in [0, 0.05) is 32.4 Å². The largest absolute Gasteiger partial charge is 0.423 e. The van der Waals surface area contributed by atoms with E-state index in [-0.39, 0.29) is 6.61 Å². The summed E-state index contributed by atoms with van der Waals surface area (Å²) in [6.45, 7) is 3.12.